The predicted octanol–water partition coefficient (Wildman–Crippen LogP) is 1.75. The molecule has 1 aliphatic rings. The molecule has 0 aromatic rings. The molecule has 0 spiro atoms. The van der Waals surface area contributed by atoms with Crippen molar-refractivity contribution in [3.05, 3.63) is 0 Å². The van der Waals surface area contributed by atoms with Crippen molar-refractivity contribution in [2.75, 3.05) is 46.8 Å². The molecule has 1 heterocycles. The second kappa shape index (κ2) is 9.48. The summed E-state index contributed by atoms with van der Waals surface area (Å²) in [5.74, 6) is 0.192. The smallest absolute Gasteiger partial charge is 0.336 e. The minimum atomic E-state index is -4.33. The van der Waals surface area contributed by atoms with Gasteiger partial charge in [-0.15, -0.1) is 12.4 Å². The number of hydrogen-bond donors (Lipinski definition) is 1. The number of carbonyl (C=O) groups is 1. The van der Waals surface area contributed by atoms with Crippen LogP contribution in [0.15, 0.2) is 0 Å². The number of nitrogens with one attached hydrogen (secondary N) is 1. The summed E-state index contributed by atoms with van der Waals surface area (Å²) >= 11 is 0. The summed E-state index contributed by atoms with van der Waals surface area (Å²) in [6, 6.07) is 0. The molecule has 126 valence electrons. The molecule has 0 aromatic carbocycles. The number of piperidine rings is 1. The maximum atomic E-state index is 12.2. The van der Waals surface area contributed by atoms with Gasteiger partial charge in [-0.05, 0) is 51.9 Å². The zero-order valence-corrected chi connectivity index (χ0v) is 13.4. The number of alkyl halides is 3. The second-order valence-corrected chi connectivity index (χ2v) is 5.48. The monoisotopic (exact) mass is 331 g/mol. The molecule has 0 radical (unpaired) electrons. The highest BCUT2D eigenvalue weighted by Gasteiger charge is 2.31. The molecule has 4 nitrogen and oxygen atoms in total. The molecule has 0 bridgehead atoms. The van der Waals surface area contributed by atoms with Crippen LogP contribution in [0.3, 0.4) is 0 Å². The zero-order chi connectivity index (χ0) is 15.2. The van der Waals surface area contributed by atoms with Crippen LogP contribution in [-0.2, 0) is 4.79 Å². The fourth-order valence-corrected chi connectivity index (χ4v) is 2.45. The highest BCUT2D eigenvalue weighted by atomic mass is 35.5. The SMILES string of the molecule is CNCCC1CCN(CC(=O)N(C)CC(F)(F)F)CC1.Cl. The number of carbonyl (C=O) groups excluding carboxylic acids is 1. The van der Waals surface area contributed by atoms with Gasteiger partial charge < -0.3 is 10.2 Å². The van der Waals surface area contributed by atoms with Crippen LogP contribution in [0.1, 0.15) is 19.3 Å². The van der Waals surface area contributed by atoms with E-state index < -0.39 is 18.6 Å². The van der Waals surface area contributed by atoms with Gasteiger partial charge >= 0.3 is 6.18 Å². The van der Waals surface area contributed by atoms with Gasteiger partial charge in [-0.2, -0.15) is 13.2 Å². The minimum absolute atomic E-state index is 0. The number of halogens is 4. The molecule has 1 aliphatic heterocycles. The van der Waals surface area contributed by atoms with Crippen LogP contribution < -0.4 is 5.32 Å². The first-order valence-electron chi connectivity index (χ1n) is 6.99. The lowest BCUT2D eigenvalue weighted by molar-refractivity contribution is -0.159. The summed E-state index contributed by atoms with van der Waals surface area (Å²) in [5, 5.41) is 3.11. The van der Waals surface area contributed by atoms with Crippen molar-refractivity contribution in [2.45, 2.75) is 25.4 Å². The maximum absolute atomic E-state index is 12.2. The molecule has 0 atom stereocenters. The Morgan fingerprint density at radius 1 is 1.33 bits per heavy atom. The van der Waals surface area contributed by atoms with E-state index in [0.29, 0.717) is 5.92 Å². The molecule has 0 aliphatic carbocycles. The predicted molar refractivity (Wildman–Crippen MR) is 78.6 cm³/mol. The minimum Gasteiger partial charge on any atom is -0.336 e. The van der Waals surface area contributed by atoms with E-state index in [1.807, 2.05) is 11.9 Å². The molecule has 0 aromatic heterocycles. The molecule has 1 N–H and O–H groups in total. The molecule has 1 fully saturated rings. The number of likely N-dealkylation sites (tertiary alicyclic amines) is 1. The molecule has 1 rings (SSSR count). The van der Waals surface area contributed by atoms with Gasteiger partial charge in [0.15, 0.2) is 0 Å². The molecule has 8 heteroatoms. The van der Waals surface area contributed by atoms with Gasteiger partial charge in [-0.1, -0.05) is 0 Å². The van der Waals surface area contributed by atoms with E-state index in [2.05, 4.69) is 5.32 Å². The van der Waals surface area contributed by atoms with E-state index in [1.54, 1.807) is 0 Å². The number of amides is 1. The summed E-state index contributed by atoms with van der Waals surface area (Å²) in [6.07, 6.45) is -1.19. The van der Waals surface area contributed by atoms with Crippen molar-refractivity contribution in [2.24, 2.45) is 5.92 Å². The van der Waals surface area contributed by atoms with Crippen molar-refractivity contribution in [1.82, 2.24) is 15.1 Å². The van der Waals surface area contributed by atoms with Crippen LogP contribution in [-0.4, -0.2) is 68.7 Å². The van der Waals surface area contributed by atoms with Gasteiger partial charge in [0, 0.05) is 7.05 Å². The van der Waals surface area contributed by atoms with Crippen LogP contribution in [0.2, 0.25) is 0 Å². The van der Waals surface area contributed by atoms with Crippen LogP contribution in [0.5, 0.6) is 0 Å². The third-order valence-electron chi connectivity index (χ3n) is 3.71. The van der Waals surface area contributed by atoms with Crippen LogP contribution in [0, 0.1) is 5.92 Å². The van der Waals surface area contributed by atoms with E-state index in [-0.39, 0.29) is 19.0 Å². The van der Waals surface area contributed by atoms with E-state index in [0.717, 1.165) is 43.8 Å². The summed E-state index contributed by atoms with van der Waals surface area (Å²) < 4.78 is 36.6. The fraction of sp³-hybridized carbons (Fsp3) is 0.923. The summed E-state index contributed by atoms with van der Waals surface area (Å²) in [7, 11) is 3.12. The molecule has 1 saturated heterocycles. The lowest BCUT2D eigenvalue weighted by Gasteiger charge is -2.32. The third kappa shape index (κ3) is 8.48. The average Bonchev–Trinajstić information content (AvgIpc) is 2.36. The Balaban J connectivity index is 0.00000400. The van der Waals surface area contributed by atoms with Gasteiger partial charge in [-0.25, -0.2) is 0 Å². The van der Waals surface area contributed by atoms with Crippen molar-refractivity contribution < 1.29 is 18.0 Å². The number of nitrogens with zero attached hydrogens (tertiary/aromatic N) is 2. The van der Waals surface area contributed by atoms with Crippen molar-refractivity contribution in [3.8, 4) is 0 Å². The highest BCUT2D eigenvalue weighted by molar-refractivity contribution is 5.85. The van der Waals surface area contributed by atoms with E-state index >= 15 is 0 Å². The first-order valence-corrected chi connectivity index (χ1v) is 6.99. The third-order valence-corrected chi connectivity index (χ3v) is 3.71. The maximum Gasteiger partial charge on any atom is 0.406 e. The van der Waals surface area contributed by atoms with E-state index in [9.17, 15) is 18.0 Å². The molecule has 21 heavy (non-hydrogen) atoms. The first-order chi connectivity index (χ1) is 9.31. The molecular formula is C13H25ClF3N3O. The topological polar surface area (TPSA) is 35.6 Å². The highest BCUT2D eigenvalue weighted by Crippen LogP contribution is 2.20. The number of rotatable bonds is 6. The molecule has 0 saturated carbocycles. The van der Waals surface area contributed by atoms with E-state index in [1.165, 1.54) is 7.05 Å². The quantitative estimate of drug-likeness (QED) is 0.805. The summed E-state index contributed by atoms with van der Waals surface area (Å²) in [6.45, 7) is 1.48. The van der Waals surface area contributed by atoms with Crippen LogP contribution in [0.25, 0.3) is 0 Å². The van der Waals surface area contributed by atoms with Gasteiger partial charge in [0.25, 0.3) is 0 Å². The largest absolute Gasteiger partial charge is 0.406 e. The van der Waals surface area contributed by atoms with Gasteiger partial charge in [0.05, 0.1) is 6.54 Å². The first kappa shape index (κ1) is 20.5. The van der Waals surface area contributed by atoms with Gasteiger partial charge in [-0.3, -0.25) is 9.69 Å². The standard InChI is InChI=1S/C13H24F3N3O.ClH/c1-17-6-3-11-4-7-19(8-5-11)9-12(20)18(2)10-13(14,15)16;/h11,17H,3-10H2,1-2H3;1H. The summed E-state index contributed by atoms with van der Waals surface area (Å²) in [5.41, 5.74) is 0. The molecule has 0 unspecified atom stereocenters. The fourth-order valence-electron chi connectivity index (χ4n) is 2.45. The van der Waals surface area contributed by atoms with Crippen LogP contribution in [0.4, 0.5) is 13.2 Å². The Labute approximate surface area is 130 Å². The van der Waals surface area contributed by atoms with Crippen molar-refractivity contribution in [3.63, 3.8) is 0 Å². The lowest BCUT2D eigenvalue weighted by atomic mass is 9.93. The van der Waals surface area contributed by atoms with Gasteiger partial charge in [0.1, 0.15) is 6.54 Å². The summed E-state index contributed by atoms with van der Waals surface area (Å²) in [4.78, 5) is 14.4. The average molecular weight is 332 g/mol. The van der Waals surface area contributed by atoms with Crippen molar-refractivity contribution >= 4 is 18.3 Å². The normalized spacial score (nSPS) is 17.4. The van der Waals surface area contributed by atoms with Crippen molar-refractivity contribution in [1.29, 1.82) is 0 Å². The second-order valence-electron chi connectivity index (χ2n) is 5.48. The Kier molecular flexibility index (Phi) is 9.24. The number of hydrogen-bond acceptors (Lipinski definition) is 3. The molecular weight excluding hydrogens is 307 g/mol. The Hall–Kier alpha value is -0.530. The van der Waals surface area contributed by atoms with E-state index in [4.69, 9.17) is 0 Å². The number of likely N-dealkylation sites (N-methyl/N-ethyl adjacent to an activating group) is 1. The molecule has 1 amide bonds. The Bertz CT molecular complexity index is 308. The zero-order valence-electron chi connectivity index (χ0n) is 12.6. The Morgan fingerprint density at radius 3 is 2.38 bits per heavy atom. The van der Waals surface area contributed by atoms with Crippen LogP contribution >= 0.6 is 12.4 Å². The van der Waals surface area contributed by atoms with Gasteiger partial charge in [0.2, 0.25) is 5.91 Å². The lowest BCUT2D eigenvalue weighted by Crippen LogP contribution is -2.44. The Morgan fingerprint density at radius 2 is 1.90 bits per heavy atom.